The highest BCUT2D eigenvalue weighted by molar-refractivity contribution is 5.22. The second kappa shape index (κ2) is 7.21. The van der Waals surface area contributed by atoms with Gasteiger partial charge >= 0.3 is 0 Å². The van der Waals surface area contributed by atoms with Gasteiger partial charge in [-0.2, -0.15) is 0 Å². The summed E-state index contributed by atoms with van der Waals surface area (Å²) < 4.78 is 29.1. The third-order valence-corrected chi connectivity index (χ3v) is 7.51. The molecule has 6 heteroatoms. The number of halogens is 2. The van der Waals surface area contributed by atoms with Crippen LogP contribution in [0.25, 0.3) is 0 Å². The first kappa shape index (κ1) is 18.7. The topological polar surface area (TPSA) is 28.5 Å². The first-order valence-electron chi connectivity index (χ1n) is 11.1. The van der Waals surface area contributed by atoms with Gasteiger partial charge in [0.15, 0.2) is 0 Å². The predicted molar refractivity (Wildman–Crippen MR) is 105 cm³/mol. The molecule has 0 N–H and O–H groups in total. The zero-order valence-electron chi connectivity index (χ0n) is 16.6. The first-order chi connectivity index (χ1) is 13.5. The molecule has 4 heterocycles. The van der Waals surface area contributed by atoms with Crippen molar-refractivity contribution in [3.8, 4) is 0 Å². The molecule has 2 atom stereocenters. The van der Waals surface area contributed by atoms with Crippen LogP contribution in [0.2, 0.25) is 0 Å². The smallest absolute Gasteiger partial charge is 0.255 e. The Morgan fingerprint density at radius 1 is 1.04 bits per heavy atom. The molecule has 0 unspecified atom stereocenters. The van der Waals surface area contributed by atoms with E-state index >= 15 is 0 Å². The number of hydrogen-bond acceptors (Lipinski definition) is 3. The summed E-state index contributed by atoms with van der Waals surface area (Å²) >= 11 is 0. The molecule has 28 heavy (non-hydrogen) atoms. The number of fused-ring (bicyclic) bond motifs is 4. The van der Waals surface area contributed by atoms with Crippen LogP contribution in [0.3, 0.4) is 0 Å². The molecular formula is C22H31F2N3O. The number of alkyl halides is 2. The van der Waals surface area contributed by atoms with Crippen LogP contribution in [-0.2, 0) is 13.1 Å². The summed E-state index contributed by atoms with van der Waals surface area (Å²) in [4.78, 5) is 18.0. The molecule has 1 aromatic heterocycles. The SMILES string of the molecule is O=c1c(CN2CCCC2)ccc2n1C[C@H]1C[C@@H]2CN(C2CCC(F)(F)CC2)C1. The average Bonchev–Trinajstić information content (AvgIpc) is 3.17. The van der Waals surface area contributed by atoms with Gasteiger partial charge in [-0.3, -0.25) is 14.6 Å². The molecule has 4 nitrogen and oxygen atoms in total. The molecule has 1 aliphatic carbocycles. The van der Waals surface area contributed by atoms with Crippen LogP contribution >= 0.6 is 0 Å². The van der Waals surface area contributed by atoms with Crippen molar-refractivity contribution in [2.45, 2.75) is 75.9 Å². The van der Waals surface area contributed by atoms with Crippen molar-refractivity contribution < 1.29 is 8.78 Å². The van der Waals surface area contributed by atoms with Gasteiger partial charge in [0.1, 0.15) is 0 Å². The normalized spacial score (nSPS) is 31.1. The lowest BCUT2D eigenvalue weighted by molar-refractivity contribution is -0.0602. The van der Waals surface area contributed by atoms with Crippen molar-refractivity contribution in [2.24, 2.45) is 5.92 Å². The highest BCUT2D eigenvalue weighted by Crippen LogP contribution is 2.40. The van der Waals surface area contributed by atoms with E-state index in [9.17, 15) is 13.6 Å². The van der Waals surface area contributed by atoms with Crippen molar-refractivity contribution in [2.75, 3.05) is 26.2 Å². The van der Waals surface area contributed by atoms with E-state index < -0.39 is 5.92 Å². The second-order valence-electron chi connectivity index (χ2n) is 9.52. The van der Waals surface area contributed by atoms with Gasteiger partial charge in [-0.25, -0.2) is 8.78 Å². The van der Waals surface area contributed by atoms with E-state index in [2.05, 4.69) is 15.9 Å². The molecule has 2 bridgehead atoms. The molecule has 1 saturated carbocycles. The average molecular weight is 392 g/mol. The second-order valence-corrected chi connectivity index (χ2v) is 9.52. The van der Waals surface area contributed by atoms with E-state index in [1.807, 2.05) is 10.6 Å². The zero-order chi connectivity index (χ0) is 19.3. The van der Waals surface area contributed by atoms with Crippen LogP contribution in [0, 0.1) is 5.92 Å². The number of nitrogens with zero attached hydrogens (tertiary/aromatic N) is 3. The van der Waals surface area contributed by atoms with Crippen molar-refractivity contribution >= 4 is 0 Å². The van der Waals surface area contributed by atoms with Gasteiger partial charge in [0.05, 0.1) is 0 Å². The summed E-state index contributed by atoms with van der Waals surface area (Å²) in [5, 5.41) is 0. The molecule has 1 aromatic rings. The Morgan fingerprint density at radius 2 is 1.79 bits per heavy atom. The van der Waals surface area contributed by atoms with Gasteiger partial charge < -0.3 is 4.57 Å². The molecule has 0 amide bonds. The summed E-state index contributed by atoms with van der Waals surface area (Å²) in [6.45, 7) is 5.63. The molecule has 0 radical (unpaired) electrons. The van der Waals surface area contributed by atoms with Gasteiger partial charge in [-0.15, -0.1) is 0 Å². The number of hydrogen-bond donors (Lipinski definition) is 0. The molecule has 5 rings (SSSR count). The van der Waals surface area contributed by atoms with Crippen molar-refractivity contribution in [1.29, 1.82) is 0 Å². The maximum absolute atomic E-state index is 13.5. The van der Waals surface area contributed by atoms with E-state index in [1.165, 1.54) is 12.8 Å². The van der Waals surface area contributed by atoms with Crippen LogP contribution < -0.4 is 5.56 Å². The summed E-state index contributed by atoms with van der Waals surface area (Å²) in [5.74, 6) is -1.63. The van der Waals surface area contributed by atoms with Gasteiger partial charge in [-0.05, 0) is 57.2 Å². The molecule has 0 aromatic carbocycles. The minimum absolute atomic E-state index is 0.0272. The van der Waals surface area contributed by atoms with Gasteiger partial charge in [0.25, 0.3) is 5.56 Å². The molecule has 3 aliphatic heterocycles. The quantitative estimate of drug-likeness (QED) is 0.790. The number of piperidine rings is 1. The van der Waals surface area contributed by atoms with Crippen molar-refractivity contribution in [1.82, 2.24) is 14.4 Å². The summed E-state index contributed by atoms with van der Waals surface area (Å²) in [5.41, 5.74) is 2.29. The fraction of sp³-hybridized carbons (Fsp3) is 0.773. The Labute approximate surface area is 165 Å². The van der Waals surface area contributed by atoms with Gasteiger partial charge in [-0.1, -0.05) is 6.07 Å². The Morgan fingerprint density at radius 3 is 2.54 bits per heavy atom. The maximum atomic E-state index is 13.5. The van der Waals surface area contributed by atoms with Gasteiger partial charge in [0.2, 0.25) is 5.92 Å². The van der Waals surface area contributed by atoms with Crippen molar-refractivity contribution in [3.05, 3.63) is 33.7 Å². The Hall–Kier alpha value is -1.27. The molecule has 4 aliphatic rings. The first-order valence-corrected chi connectivity index (χ1v) is 11.1. The fourth-order valence-electron chi connectivity index (χ4n) is 6.02. The van der Waals surface area contributed by atoms with Gasteiger partial charge in [0, 0.05) is 62.2 Å². The predicted octanol–water partition coefficient (Wildman–Crippen LogP) is 3.44. The molecule has 3 fully saturated rings. The fourth-order valence-corrected chi connectivity index (χ4v) is 6.02. The van der Waals surface area contributed by atoms with Crippen LogP contribution in [0.15, 0.2) is 16.9 Å². The summed E-state index contributed by atoms with van der Waals surface area (Å²) in [6, 6.07) is 4.51. The van der Waals surface area contributed by atoms with Crippen LogP contribution in [0.4, 0.5) is 8.78 Å². The van der Waals surface area contributed by atoms with Crippen LogP contribution in [0.1, 0.15) is 62.1 Å². The lowest BCUT2D eigenvalue weighted by Crippen LogP contribution is -2.52. The largest absolute Gasteiger partial charge is 0.312 e. The Bertz CT molecular complexity index is 776. The third kappa shape index (κ3) is 3.54. The van der Waals surface area contributed by atoms with Crippen molar-refractivity contribution in [3.63, 3.8) is 0 Å². The maximum Gasteiger partial charge on any atom is 0.255 e. The standard InChI is InChI=1S/C22H31F2N3O/c23-22(24)7-5-19(6-8-22)26-12-16-11-18(15-26)20-4-3-17(21(28)27(20)13-16)14-25-9-1-2-10-25/h3-4,16,18-19H,1-2,5-15H2/t16-,18+/m0/s1. The Kier molecular flexibility index (Phi) is 4.82. The molecular weight excluding hydrogens is 360 g/mol. The number of aromatic nitrogens is 1. The molecule has 0 spiro atoms. The van der Waals surface area contributed by atoms with E-state index in [4.69, 9.17) is 0 Å². The van der Waals surface area contributed by atoms with E-state index in [0.29, 0.717) is 24.7 Å². The minimum atomic E-state index is -2.46. The van der Waals surface area contributed by atoms with Crippen LogP contribution in [0.5, 0.6) is 0 Å². The third-order valence-electron chi connectivity index (χ3n) is 7.51. The highest BCUT2D eigenvalue weighted by Gasteiger charge is 2.41. The van der Waals surface area contributed by atoms with E-state index in [-0.39, 0.29) is 24.4 Å². The molecule has 154 valence electrons. The lowest BCUT2D eigenvalue weighted by Gasteiger charge is -2.47. The highest BCUT2D eigenvalue weighted by atomic mass is 19.3. The number of pyridine rings is 1. The lowest BCUT2D eigenvalue weighted by atomic mass is 9.80. The number of likely N-dealkylation sites (tertiary alicyclic amines) is 2. The zero-order valence-corrected chi connectivity index (χ0v) is 16.6. The Balaban J connectivity index is 1.33. The minimum Gasteiger partial charge on any atom is -0.312 e. The van der Waals surface area contributed by atoms with Crippen LogP contribution in [-0.4, -0.2) is 52.5 Å². The molecule has 2 saturated heterocycles. The van der Waals surface area contributed by atoms with E-state index in [0.717, 1.165) is 56.9 Å². The monoisotopic (exact) mass is 391 g/mol. The summed E-state index contributed by atoms with van der Waals surface area (Å²) in [6.07, 6.45) is 4.86. The summed E-state index contributed by atoms with van der Waals surface area (Å²) in [7, 11) is 0. The van der Waals surface area contributed by atoms with E-state index in [1.54, 1.807) is 0 Å². The number of rotatable bonds is 3.